The van der Waals surface area contributed by atoms with Gasteiger partial charge in [-0.1, -0.05) is 6.07 Å². The average Bonchev–Trinajstić information content (AvgIpc) is 3.25. The van der Waals surface area contributed by atoms with Gasteiger partial charge in [0, 0.05) is 24.5 Å². The van der Waals surface area contributed by atoms with Gasteiger partial charge in [0.1, 0.15) is 12.3 Å². The number of sulfonamides is 1. The van der Waals surface area contributed by atoms with Crippen molar-refractivity contribution in [2.45, 2.75) is 11.5 Å². The van der Waals surface area contributed by atoms with Crippen LogP contribution >= 0.6 is 0 Å². The summed E-state index contributed by atoms with van der Waals surface area (Å²) in [5, 5.41) is 11.3. The molecule has 2 aromatic heterocycles. The van der Waals surface area contributed by atoms with Crippen LogP contribution in [-0.2, 0) is 16.6 Å². The van der Waals surface area contributed by atoms with Crippen LogP contribution in [0.15, 0.2) is 71.9 Å². The quantitative estimate of drug-likeness (QED) is 0.281. The maximum atomic E-state index is 12.9. The van der Waals surface area contributed by atoms with Crippen LogP contribution in [0.3, 0.4) is 0 Å². The van der Waals surface area contributed by atoms with E-state index in [-0.39, 0.29) is 22.9 Å². The highest BCUT2D eigenvalue weighted by Gasteiger charge is 2.22. The Labute approximate surface area is 194 Å². The minimum Gasteiger partial charge on any atom is -0.493 e. The topological polar surface area (TPSA) is 134 Å². The van der Waals surface area contributed by atoms with Crippen LogP contribution in [0.5, 0.6) is 17.2 Å². The van der Waals surface area contributed by atoms with E-state index >= 15 is 0 Å². The highest BCUT2D eigenvalue weighted by Crippen LogP contribution is 2.33. The molecule has 0 spiro atoms. The molecule has 0 radical (unpaired) electrons. The second kappa shape index (κ2) is 9.27. The number of nitrogens with one attached hydrogen (secondary N) is 1. The van der Waals surface area contributed by atoms with Crippen LogP contribution in [0, 0.1) is 10.1 Å². The summed E-state index contributed by atoms with van der Waals surface area (Å²) in [5.74, 6) is 0.642. The Bertz CT molecular complexity index is 1430. The van der Waals surface area contributed by atoms with Crippen LogP contribution < -0.4 is 18.9 Å². The third-order valence-corrected chi connectivity index (χ3v) is 6.24. The molecular formula is C22H20N4O7S. The van der Waals surface area contributed by atoms with Crippen LogP contribution in [0.25, 0.3) is 5.65 Å². The van der Waals surface area contributed by atoms with Gasteiger partial charge in [-0.2, -0.15) is 0 Å². The number of rotatable bonds is 9. The molecule has 34 heavy (non-hydrogen) atoms. The molecule has 0 aliphatic rings. The number of hydrogen-bond donors (Lipinski definition) is 1. The smallest absolute Gasteiger partial charge is 0.312 e. The first-order valence-corrected chi connectivity index (χ1v) is 11.4. The van der Waals surface area contributed by atoms with Gasteiger partial charge in [-0.15, -0.1) is 0 Å². The number of fused-ring (bicyclic) bond motifs is 1. The summed E-state index contributed by atoms with van der Waals surface area (Å²) in [4.78, 5) is 14.7. The number of nitro benzene ring substituents is 1. The number of imidazole rings is 1. The van der Waals surface area contributed by atoms with Crippen molar-refractivity contribution >= 4 is 27.0 Å². The van der Waals surface area contributed by atoms with Crippen molar-refractivity contribution < 1.29 is 27.6 Å². The van der Waals surface area contributed by atoms with Crippen LogP contribution in [0.1, 0.15) is 5.69 Å². The summed E-state index contributed by atoms with van der Waals surface area (Å²) in [5.41, 5.74) is 1.16. The van der Waals surface area contributed by atoms with Gasteiger partial charge in [-0.25, -0.2) is 13.4 Å². The standard InChI is InChI=1S/C22H20N4O7S/c1-31-19-9-7-17(12-18(19)26(27)28)34(29,30)24-15-6-8-20(32-2)21(11-15)33-14-16-13-25-10-4-3-5-22(25)23-16/h3-13,24H,14H2,1-2H3. The van der Waals surface area contributed by atoms with Crippen molar-refractivity contribution in [3.63, 3.8) is 0 Å². The molecule has 0 amide bonds. The average molecular weight is 484 g/mol. The predicted molar refractivity (Wildman–Crippen MR) is 123 cm³/mol. The zero-order chi connectivity index (χ0) is 24.3. The molecule has 1 N–H and O–H groups in total. The lowest BCUT2D eigenvalue weighted by molar-refractivity contribution is -0.386. The number of hydrogen-bond acceptors (Lipinski definition) is 8. The van der Waals surface area contributed by atoms with Crippen molar-refractivity contribution in [3.8, 4) is 17.2 Å². The van der Waals surface area contributed by atoms with E-state index in [9.17, 15) is 18.5 Å². The van der Waals surface area contributed by atoms with Gasteiger partial charge in [-0.05, 0) is 36.4 Å². The van der Waals surface area contributed by atoms with Crippen molar-refractivity contribution in [3.05, 3.63) is 82.8 Å². The molecule has 0 fully saturated rings. The summed E-state index contributed by atoms with van der Waals surface area (Å²) in [7, 11) is -1.41. The molecule has 176 valence electrons. The minimum atomic E-state index is -4.14. The SMILES string of the molecule is COc1ccc(NS(=O)(=O)c2ccc(OC)c([N+](=O)[O-])c2)cc1OCc1cn2ccccc2n1. The number of benzene rings is 2. The first-order chi connectivity index (χ1) is 16.3. The third kappa shape index (κ3) is 4.71. The van der Waals surface area contributed by atoms with Crippen molar-refractivity contribution in [1.29, 1.82) is 0 Å². The largest absolute Gasteiger partial charge is 0.493 e. The molecule has 0 saturated carbocycles. The number of ether oxygens (including phenoxy) is 3. The Kier molecular flexibility index (Phi) is 6.23. The lowest BCUT2D eigenvalue weighted by atomic mass is 10.3. The molecule has 12 heteroatoms. The van der Waals surface area contributed by atoms with E-state index in [1.807, 2.05) is 35.0 Å². The maximum absolute atomic E-state index is 12.9. The normalized spacial score (nSPS) is 11.2. The molecule has 2 heterocycles. The summed E-state index contributed by atoms with van der Waals surface area (Å²) < 4.78 is 46.1. The third-order valence-electron chi connectivity index (χ3n) is 4.86. The Hall–Kier alpha value is -4.32. The van der Waals surface area contributed by atoms with E-state index < -0.39 is 20.6 Å². The fourth-order valence-corrected chi connectivity index (χ4v) is 4.32. The van der Waals surface area contributed by atoms with Gasteiger partial charge in [0.25, 0.3) is 10.0 Å². The number of anilines is 1. The highest BCUT2D eigenvalue weighted by atomic mass is 32.2. The maximum Gasteiger partial charge on any atom is 0.312 e. The zero-order valence-electron chi connectivity index (χ0n) is 18.2. The molecule has 11 nitrogen and oxygen atoms in total. The molecule has 0 bridgehead atoms. The molecule has 2 aromatic carbocycles. The Morgan fingerprint density at radius 3 is 2.50 bits per heavy atom. The van der Waals surface area contributed by atoms with Crippen molar-refractivity contribution in [2.24, 2.45) is 0 Å². The highest BCUT2D eigenvalue weighted by molar-refractivity contribution is 7.92. The predicted octanol–water partition coefficient (Wildman–Crippen LogP) is 3.64. The molecule has 0 aliphatic heterocycles. The van der Waals surface area contributed by atoms with Crippen LogP contribution in [0.4, 0.5) is 11.4 Å². The second-order valence-electron chi connectivity index (χ2n) is 7.05. The molecule has 4 aromatic rings. The Morgan fingerprint density at radius 1 is 1.03 bits per heavy atom. The van der Waals surface area contributed by atoms with Gasteiger partial charge in [0.15, 0.2) is 17.2 Å². The van der Waals surface area contributed by atoms with Crippen LogP contribution in [0.2, 0.25) is 0 Å². The number of methoxy groups -OCH3 is 2. The van der Waals surface area contributed by atoms with E-state index in [2.05, 4.69) is 9.71 Å². The van der Waals surface area contributed by atoms with Crippen LogP contribution in [-0.4, -0.2) is 36.9 Å². The monoisotopic (exact) mass is 484 g/mol. The summed E-state index contributed by atoms with van der Waals surface area (Å²) in [6, 6.07) is 13.5. The summed E-state index contributed by atoms with van der Waals surface area (Å²) in [6.45, 7) is 0.124. The van der Waals surface area contributed by atoms with E-state index in [1.54, 1.807) is 6.07 Å². The molecule has 0 atom stereocenters. The lowest BCUT2D eigenvalue weighted by Crippen LogP contribution is -2.13. The minimum absolute atomic E-state index is 0.0453. The van der Waals surface area contributed by atoms with Gasteiger partial charge in [0.05, 0.1) is 35.4 Å². The number of nitrogens with zero attached hydrogens (tertiary/aromatic N) is 3. The summed E-state index contributed by atoms with van der Waals surface area (Å²) >= 11 is 0. The van der Waals surface area contributed by atoms with E-state index in [4.69, 9.17) is 14.2 Å². The van der Waals surface area contributed by atoms with E-state index in [0.29, 0.717) is 17.2 Å². The van der Waals surface area contributed by atoms with Gasteiger partial charge < -0.3 is 18.6 Å². The molecule has 4 rings (SSSR count). The van der Waals surface area contributed by atoms with Gasteiger partial charge >= 0.3 is 5.69 Å². The fourth-order valence-electron chi connectivity index (χ4n) is 3.26. The molecular weight excluding hydrogens is 464 g/mol. The van der Waals surface area contributed by atoms with E-state index in [0.717, 1.165) is 11.7 Å². The number of pyridine rings is 1. The van der Waals surface area contributed by atoms with Gasteiger partial charge in [0.2, 0.25) is 0 Å². The lowest BCUT2D eigenvalue weighted by Gasteiger charge is -2.13. The molecule has 0 aliphatic carbocycles. The van der Waals surface area contributed by atoms with Crippen molar-refractivity contribution in [1.82, 2.24) is 9.38 Å². The zero-order valence-corrected chi connectivity index (χ0v) is 19.0. The van der Waals surface area contributed by atoms with E-state index in [1.165, 1.54) is 38.5 Å². The number of aromatic nitrogens is 2. The summed E-state index contributed by atoms with van der Waals surface area (Å²) in [6.07, 6.45) is 3.69. The Morgan fingerprint density at radius 2 is 1.79 bits per heavy atom. The first-order valence-electron chi connectivity index (χ1n) is 9.89. The second-order valence-corrected chi connectivity index (χ2v) is 8.73. The number of nitro groups is 1. The fraction of sp³-hybridized carbons (Fsp3) is 0.136. The molecule has 0 saturated heterocycles. The molecule has 0 unspecified atom stereocenters. The van der Waals surface area contributed by atoms with Gasteiger partial charge in [-0.3, -0.25) is 14.8 Å². The first kappa shape index (κ1) is 22.9. The Balaban J connectivity index is 1.57. The van der Waals surface area contributed by atoms with Crippen molar-refractivity contribution in [2.75, 3.05) is 18.9 Å².